The molecule has 0 atom stereocenters. The minimum absolute atomic E-state index is 0.235. The molecular formula is C20H15N3O2S2. The van der Waals surface area contributed by atoms with Crippen LogP contribution in [-0.4, -0.2) is 16.8 Å². The van der Waals surface area contributed by atoms with Gasteiger partial charge < -0.3 is 5.32 Å². The molecule has 0 aliphatic carbocycles. The van der Waals surface area contributed by atoms with Crippen LogP contribution in [0.4, 0.5) is 10.8 Å². The summed E-state index contributed by atoms with van der Waals surface area (Å²) in [5.74, 6) is -0.547. The van der Waals surface area contributed by atoms with Crippen LogP contribution in [-0.2, 0) is 0 Å². The first kappa shape index (κ1) is 17.4. The molecule has 0 radical (unpaired) electrons. The average Bonchev–Trinajstić information content (AvgIpc) is 3.32. The Balaban J connectivity index is 1.58. The van der Waals surface area contributed by atoms with Gasteiger partial charge in [-0.1, -0.05) is 41.7 Å². The van der Waals surface area contributed by atoms with Gasteiger partial charge in [-0.2, -0.15) is 0 Å². The number of para-hydroxylation sites is 2. The first-order chi connectivity index (χ1) is 13.1. The Bertz CT molecular complexity index is 1130. The van der Waals surface area contributed by atoms with E-state index in [0.29, 0.717) is 21.3 Å². The van der Waals surface area contributed by atoms with Crippen LogP contribution in [0, 0.1) is 6.92 Å². The third-order valence-electron chi connectivity index (χ3n) is 4.01. The van der Waals surface area contributed by atoms with Crippen molar-refractivity contribution >= 4 is 55.5 Å². The lowest BCUT2D eigenvalue weighted by Gasteiger charge is -2.09. The zero-order chi connectivity index (χ0) is 18.8. The van der Waals surface area contributed by atoms with Crippen molar-refractivity contribution in [1.82, 2.24) is 4.98 Å². The van der Waals surface area contributed by atoms with Gasteiger partial charge >= 0.3 is 0 Å². The normalized spacial score (nSPS) is 10.7. The highest BCUT2D eigenvalue weighted by atomic mass is 32.1. The first-order valence-electron chi connectivity index (χ1n) is 8.23. The van der Waals surface area contributed by atoms with Gasteiger partial charge in [-0.05, 0) is 42.1 Å². The number of hydrogen-bond acceptors (Lipinski definition) is 5. The Hall–Kier alpha value is -3.03. The Morgan fingerprint density at radius 3 is 2.56 bits per heavy atom. The second-order valence-corrected chi connectivity index (χ2v) is 7.85. The van der Waals surface area contributed by atoms with Crippen molar-refractivity contribution in [3.8, 4) is 0 Å². The lowest BCUT2D eigenvalue weighted by atomic mass is 10.1. The highest BCUT2D eigenvalue weighted by molar-refractivity contribution is 7.22. The summed E-state index contributed by atoms with van der Waals surface area (Å²) >= 11 is 2.77. The van der Waals surface area contributed by atoms with Gasteiger partial charge in [0, 0.05) is 0 Å². The lowest BCUT2D eigenvalue weighted by molar-refractivity contribution is 0.102. The van der Waals surface area contributed by atoms with Gasteiger partial charge in [-0.15, -0.1) is 11.3 Å². The van der Waals surface area contributed by atoms with Crippen LogP contribution in [0.2, 0.25) is 0 Å². The number of aryl methyl sites for hydroxylation is 1. The van der Waals surface area contributed by atoms with Crippen LogP contribution in [0.15, 0.2) is 60.0 Å². The van der Waals surface area contributed by atoms with Crippen molar-refractivity contribution in [2.24, 2.45) is 0 Å². The fourth-order valence-corrected chi connectivity index (χ4v) is 4.24. The summed E-state index contributed by atoms with van der Waals surface area (Å²) in [6.45, 7) is 1.99. The Labute approximate surface area is 163 Å². The van der Waals surface area contributed by atoms with Crippen LogP contribution in [0.25, 0.3) is 10.2 Å². The molecule has 4 rings (SSSR count). The average molecular weight is 393 g/mol. The predicted molar refractivity (Wildman–Crippen MR) is 111 cm³/mol. The molecule has 0 saturated heterocycles. The van der Waals surface area contributed by atoms with E-state index >= 15 is 0 Å². The monoisotopic (exact) mass is 393 g/mol. The molecule has 5 nitrogen and oxygen atoms in total. The standard InChI is InChI=1S/C20H15N3O2S2/c1-12-6-4-9-15-17(12)22-20(27-15)23-18(24)13-7-2-3-8-14(13)21-19(25)16-10-5-11-26-16/h2-11H,1H3,(H,21,25)(H,22,23,24). The zero-order valence-electron chi connectivity index (χ0n) is 14.4. The Morgan fingerprint density at radius 1 is 0.926 bits per heavy atom. The summed E-state index contributed by atoms with van der Waals surface area (Å²) in [4.78, 5) is 30.2. The van der Waals surface area contributed by atoms with E-state index < -0.39 is 0 Å². The quantitative estimate of drug-likeness (QED) is 0.502. The number of hydrogen-bond donors (Lipinski definition) is 2. The molecule has 27 heavy (non-hydrogen) atoms. The number of thiazole rings is 1. The predicted octanol–water partition coefficient (Wildman–Crippen LogP) is 5.17. The van der Waals surface area contributed by atoms with Gasteiger partial charge in [-0.3, -0.25) is 14.9 Å². The molecule has 134 valence electrons. The van der Waals surface area contributed by atoms with Gasteiger partial charge in [0.1, 0.15) is 0 Å². The summed E-state index contributed by atoms with van der Waals surface area (Å²) in [5, 5.41) is 8.02. The molecule has 2 amide bonds. The van der Waals surface area contributed by atoms with Crippen LogP contribution < -0.4 is 10.6 Å². The number of nitrogens with zero attached hydrogens (tertiary/aromatic N) is 1. The van der Waals surface area contributed by atoms with Crippen molar-refractivity contribution < 1.29 is 9.59 Å². The minimum atomic E-state index is -0.311. The summed E-state index contributed by atoms with van der Waals surface area (Å²) in [6, 6.07) is 16.4. The summed E-state index contributed by atoms with van der Waals surface area (Å²) < 4.78 is 1.02. The second-order valence-electron chi connectivity index (χ2n) is 5.87. The van der Waals surface area contributed by atoms with Crippen molar-refractivity contribution in [2.45, 2.75) is 6.92 Å². The molecule has 0 aliphatic heterocycles. The highest BCUT2D eigenvalue weighted by Crippen LogP contribution is 2.28. The third kappa shape index (κ3) is 3.60. The molecule has 0 saturated carbocycles. The SMILES string of the molecule is Cc1cccc2sc(NC(=O)c3ccccc3NC(=O)c3cccs3)nc12. The Kier molecular flexibility index (Phi) is 4.70. The Morgan fingerprint density at radius 2 is 1.78 bits per heavy atom. The maximum absolute atomic E-state index is 12.8. The number of aromatic nitrogens is 1. The van der Waals surface area contributed by atoms with Crippen LogP contribution in [0.1, 0.15) is 25.6 Å². The fourth-order valence-electron chi connectivity index (χ4n) is 2.69. The molecule has 2 aromatic heterocycles. The van der Waals surface area contributed by atoms with Crippen LogP contribution >= 0.6 is 22.7 Å². The lowest BCUT2D eigenvalue weighted by Crippen LogP contribution is -2.17. The highest BCUT2D eigenvalue weighted by Gasteiger charge is 2.16. The first-order valence-corrected chi connectivity index (χ1v) is 9.93. The molecule has 4 aromatic rings. The van der Waals surface area contributed by atoms with Crippen LogP contribution in [0.3, 0.4) is 0 Å². The minimum Gasteiger partial charge on any atom is -0.321 e. The number of rotatable bonds is 4. The number of fused-ring (bicyclic) bond motifs is 1. The molecule has 7 heteroatoms. The maximum atomic E-state index is 12.8. The van der Waals surface area contributed by atoms with Gasteiger partial charge in [-0.25, -0.2) is 4.98 Å². The van der Waals surface area contributed by atoms with E-state index in [1.54, 1.807) is 30.3 Å². The number of nitrogens with one attached hydrogen (secondary N) is 2. The maximum Gasteiger partial charge on any atom is 0.265 e. The number of amides is 2. The van der Waals surface area contributed by atoms with E-state index in [1.807, 2.05) is 36.6 Å². The van der Waals surface area contributed by atoms with Gasteiger partial charge in [0.2, 0.25) is 0 Å². The van der Waals surface area contributed by atoms with E-state index in [-0.39, 0.29) is 11.8 Å². The van der Waals surface area contributed by atoms with Gasteiger partial charge in [0.25, 0.3) is 11.8 Å². The van der Waals surface area contributed by atoms with E-state index in [2.05, 4.69) is 15.6 Å². The third-order valence-corrected chi connectivity index (χ3v) is 5.81. The van der Waals surface area contributed by atoms with Gasteiger partial charge in [0.05, 0.1) is 26.3 Å². The number of carbonyl (C=O) groups excluding carboxylic acids is 2. The molecule has 0 bridgehead atoms. The number of anilines is 2. The summed E-state index contributed by atoms with van der Waals surface area (Å²) in [6.07, 6.45) is 0. The van der Waals surface area contributed by atoms with E-state index in [0.717, 1.165) is 15.8 Å². The van der Waals surface area contributed by atoms with Crippen LogP contribution in [0.5, 0.6) is 0 Å². The molecule has 0 spiro atoms. The van der Waals surface area contributed by atoms with E-state index in [4.69, 9.17) is 0 Å². The smallest absolute Gasteiger partial charge is 0.265 e. The molecular weight excluding hydrogens is 378 g/mol. The molecule has 0 unspecified atom stereocenters. The number of thiophene rings is 1. The fraction of sp³-hybridized carbons (Fsp3) is 0.0500. The zero-order valence-corrected chi connectivity index (χ0v) is 16.0. The molecule has 0 fully saturated rings. The van der Waals surface area contributed by atoms with Crippen molar-refractivity contribution in [1.29, 1.82) is 0 Å². The number of benzene rings is 2. The molecule has 2 aromatic carbocycles. The molecule has 2 heterocycles. The van der Waals surface area contributed by atoms with E-state index in [9.17, 15) is 9.59 Å². The summed E-state index contributed by atoms with van der Waals surface area (Å²) in [5.41, 5.74) is 2.80. The largest absolute Gasteiger partial charge is 0.321 e. The van der Waals surface area contributed by atoms with Crippen molar-refractivity contribution in [3.63, 3.8) is 0 Å². The topological polar surface area (TPSA) is 71.1 Å². The number of carbonyl (C=O) groups is 2. The van der Waals surface area contributed by atoms with Gasteiger partial charge in [0.15, 0.2) is 5.13 Å². The second kappa shape index (κ2) is 7.30. The molecule has 2 N–H and O–H groups in total. The van der Waals surface area contributed by atoms with Crippen molar-refractivity contribution in [3.05, 3.63) is 76.0 Å². The molecule has 0 aliphatic rings. The summed E-state index contributed by atoms with van der Waals surface area (Å²) in [7, 11) is 0. The van der Waals surface area contributed by atoms with Crippen molar-refractivity contribution in [2.75, 3.05) is 10.6 Å². The van der Waals surface area contributed by atoms with E-state index in [1.165, 1.54) is 22.7 Å².